The summed E-state index contributed by atoms with van der Waals surface area (Å²) in [7, 11) is 4.05. The van der Waals surface area contributed by atoms with Crippen LogP contribution in [0.3, 0.4) is 0 Å². The van der Waals surface area contributed by atoms with Crippen molar-refractivity contribution < 1.29 is 4.39 Å². The summed E-state index contributed by atoms with van der Waals surface area (Å²) in [4.78, 5) is 2.26. The fourth-order valence-electron chi connectivity index (χ4n) is 1.99. The predicted molar refractivity (Wildman–Crippen MR) is 70.4 cm³/mol. The van der Waals surface area contributed by atoms with E-state index in [0.29, 0.717) is 12.0 Å². The molecule has 1 N–H and O–H groups in total. The molecule has 2 atom stereocenters. The van der Waals surface area contributed by atoms with E-state index >= 15 is 0 Å². The molecular weight excluding hydrogens is 215 g/mol. The fourth-order valence-corrected chi connectivity index (χ4v) is 1.99. The number of nitrogens with zero attached hydrogens (tertiary/aromatic N) is 1. The van der Waals surface area contributed by atoms with Crippen molar-refractivity contribution in [3.8, 4) is 0 Å². The second-order valence-corrected chi connectivity index (χ2v) is 4.82. The van der Waals surface area contributed by atoms with E-state index in [1.54, 1.807) is 12.1 Å². The maximum atomic E-state index is 13.1. The van der Waals surface area contributed by atoms with Gasteiger partial charge in [-0.15, -0.1) is 0 Å². The molecule has 0 aliphatic carbocycles. The molecule has 0 saturated heterocycles. The average molecular weight is 238 g/mol. The van der Waals surface area contributed by atoms with Gasteiger partial charge in [0.05, 0.1) is 0 Å². The van der Waals surface area contributed by atoms with E-state index in [4.69, 9.17) is 0 Å². The van der Waals surface area contributed by atoms with E-state index in [1.165, 1.54) is 6.07 Å². The smallest absolute Gasteiger partial charge is 0.123 e. The molecule has 96 valence electrons. The van der Waals surface area contributed by atoms with E-state index < -0.39 is 0 Å². The molecule has 3 heteroatoms. The second kappa shape index (κ2) is 6.72. The van der Waals surface area contributed by atoms with E-state index in [1.807, 2.05) is 13.1 Å². The van der Waals surface area contributed by atoms with Crippen LogP contribution in [-0.4, -0.2) is 31.6 Å². The number of nitrogens with one attached hydrogen (secondary N) is 1. The first-order valence-corrected chi connectivity index (χ1v) is 6.14. The summed E-state index contributed by atoms with van der Waals surface area (Å²) in [6, 6.07) is 7.28. The van der Waals surface area contributed by atoms with Crippen molar-refractivity contribution in [3.63, 3.8) is 0 Å². The van der Waals surface area contributed by atoms with E-state index in [-0.39, 0.29) is 5.82 Å². The Morgan fingerprint density at radius 3 is 2.65 bits per heavy atom. The predicted octanol–water partition coefficient (Wildman–Crippen LogP) is 2.50. The summed E-state index contributed by atoms with van der Waals surface area (Å²) in [6.45, 7) is 6.21. The molecule has 1 aromatic carbocycles. The van der Waals surface area contributed by atoms with E-state index in [2.05, 4.69) is 31.1 Å². The lowest BCUT2D eigenvalue weighted by Gasteiger charge is -2.29. The number of benzene rings is 1. The molecule has 0 bridgehead atoms. The van der Waals surface area contributed by atoms with Gasteiger partial charge in [-0.1, -0.05) is 19.1 Å². The maximum Gasteiger partial charge on any atom is 0.123 e. The minimum atomic E-state index is -0.160. The Bertz CT molecular complexity index is 341. The van der Waals surface area contributed by atoms with Crippen LogP contribution in [0.15, 0.2) is 24.3 Å². The second-order valence-electron chi connectivity index (χ2n) is 4.82. The van der Waals surface area contributed by atoms with E-state index in [9.17, 15) is 4.39 Å². The quantitative estimate of drug-likeness (QED) is 0.819. The highest BCUT2D eigenvalue weighted by Crippen LogP contribution is 2.13. The first-order valence-electron chi connectivity index (χ1n) is 6.14. The van der Waals surface area contributed by atoms with Crippen LogP contribution < -0.4 is 5.32 Å². The van der Waals surface area contributed by atoms with Gasteiger partial charge >= 0.3 is 0 Å². The highest BCUT2D eigenvalue weighted by Gasteiger charge is 2.16. The Labute approximate surface area is 104 Å². The van der Waals surface area contributed by atoms with Crippen molar-refractivity contribution in [3.05, 3.63) is 35.6 Å². The summed E-state index contributed by atoms with van der Waals surface area (Å²) < 4.78 is 13.1. The summed E-state index contributed by atoms with van der Waals surface area (Å²) in [5, 5.41) is 3.19. The highest BCUT2D eigenvalue weighted by atomic mass is 19.1. The van der Waals surface area contributed by atoms with Crippen LogP contribution in [0.25, 0.3) is 0 Å². The number of halogens is 1. The zero-order valence-electron chi connectivity index (χ0n) is 11.2. The van der Waals surface area contributed by atoms with Gasteiger partial charge in [0, 0.05) is 12.6 Å². The van der Waals surface area contributed by atoms with Gasteiger partial charge in [0.1, 0.15) is 5.82 Å². The maximum absolute atomic E-state index is 13.1. The summed E-state index contributed by atoms with van der Waals surface area (Å²) in [5.74, 6) is 0.408. The van der Waals surface area contributed by atoms with Crippen molar-refractivity contribution in [2.75, 3.05) is 20.6 Å². The first-order chi connectivity index (χ1) is 8.04. The van der Waals surface area contributed by atoms with Gasteiger partial charge in [-0.3, -0.25) is 4.90 Å². The zero-order chi connectivity index (χ0) is 12.8. The molecule has 0 amide bonds. The molecule has 2 nitrogen and oxygen atoms in total. The third kappa shape index (κ3) is 4.44. The van der Waals surface area contributed by atoms with Gasteiger partial charge in [0.25, 0.3) is 0 Å². The normalized spacial score (nSPS) is 14.9. The largest absolute Gasteiger partial charge is 0.319 e. The topological polar surface area (TPSA) is 15.3 Å². The number of hydrogen-bond acceptors (Lipinski definition) is 2. The minimum Gasteiger partial charge on any atom is -0.319 e. The van der Waals surface area contributed by atoms with Gasteiger partial charge in [0.15, 0.2) is 0 Å². The molecule has 0 aliphatic heterocycles. The molecule has 1 rings (SSSR count). The molecule has 0 aromatic heterocycles. The Hall–Kier alpha value is -0.930. The average Bonchev–Trinajstić information content (AvgIpc) is 2.28. The van der Waals surface area contributed by atoms with Crippen molar-refractivity contribution in [1.29, 1.82) is 0 Å². The molecule has 0 radical (unpaired) electrons. The molecular formula is C14H23FN2. The van der Waals surface area contributed by atoms with Crippen LogP contribution in [0, 0.1) is 11.7 Å². The number of hydrogen-bond donors (Lipinski definition) is 1. The lowest BCUT2D eigenvalue weighted by atomic mass is 10.0. The molecule has 2 unspecified atom stereocenters. The summed E-state index contributed by atoms with van der Waals surface area (Å²) >= 11 is 0. The third-order valence-corrected chi connectivity index (χ3v) is 3.37. The highest BCUT2D eigenvalue weighted by molar-refractivity contribution is 5.16. The van der Waals surface area contributed by atoms with Crippen LogP contribution >= 0.6 is 0 Å². The monoisotopic (exact) mass is 238 g/mol. The fraction of sp³-hybridized carbons (Fsp3) is 0.571. The third-order valence-electron chi connectivity index (χ3n) is 3.37. The van der Waals surface area contributed by atoms with Gasteiger partial charge < -0.3 is 5.32 Å². The molecule has 0 saturated carbocycles. The Balaban J connectivity index is 2.56. The summed E-state index contributed by atoms with van der Waals surface area (Å²) in [5.41, 5.74) is 1.02. The summed E-state index contributed by atoms with van der Waals surface area (Å²) in [6.07, 6.45) is 0. The SMILES string of the molecule is CNCC(C)C(C)N(C)Cc1cccc(F)c1. The molecule has 0 spiro atoms. The van der Waals surface area contributed by atoms with Crippen molar-refractivity contribution in [2.24, 2.45) is 5.92 Å². The molecule has 0 heterocycles. The zero-order valence-corrected chi connectivity index (χ0v) is 11.2. The van der Waals surface area contributed by atoms with Crippen LogP contribution in [-0.2, 0) is 6.54 Å². The van der Waals surface area contributed by atoms with Crippen molar-refractivity contribution in [2.45, 2.75) is 26.4 Å². The first kappa shape index (κ1) is 14.1. The van der Waals surface area contributed by atoms with Gasteiger partial charge in [-0.05, 0) is 51.2 Å². The van der Waals surface area contributed by atoms with Crippen molar-refractivity contribution >= 4 is 0 Å². The molecule has 17 heavy (non-hydrogen) atoms. The van der Waals surface area contributed by atoms with Crippen LogP contribution in [0.2, 0.25) is 0 Å². The standard InChI is InChI=1S/C14H23FN2/c1-11(9-16-3)12(2)17(4)10-13-6-5-7-14(15)8-13/h5-8,11-12,16H,9-10H2,1-4H3. The molecule has 0 fully saturated rings. The van der Waals surface area contributed by atoms with Gasteiger partial charge in [-0.25, -0.2) is 4.39 Å². The lowest BCUT2D eigenvalue weighted by molar-refractivity contribution is 0.190. The van der Waals surface area contributed by atoms with E-state index in [0.717, 1.165) is 18.7 Å². The Morgan fingerprint density at radius 2 is 2.06 bits per heavy atom. The lowest BCUT2D eigenvalue weighted by Crippen LogP contribution is -2.37. The van der Waals surface area contributed by atoms with Crippen LogP contribution in [0.1, 0.15) is 19.4 Å². The molecule has 0 aliphatic rings. The molecule has 1 aromatic rings. The van der Waals surface area contributed by atoms with Crippen LogP contribution in [0.5, 0.6) is 0 Å². The van der Waals surface area contributed by atoms with Gasteiger partial charge in [0.2, 0.25) is 0 Å². The Kier molecular flexibility index (Phi) is 5.59. The van der Waals surface area contributed by atoms with Gasteiger partial charge in [-0.2, -0.15) is 0 Å². The van der Waals surface area contributed by atoms with Crippen LogP contribution in [0.4, 0.5) is 4.39 Å². The minimum absolute atomic E-state index is 0.160. The number of rotatable bonds is 6. The Morgan fingerprint density at radius 1 is 1.35 bits per heavy atom. The van der Waals surface area contributed by atoms with Crippen molar-refractivity contribution in [1.82, 2.24) is 10.2 Å².